The molecule has 2 heterocycles. The summed E-state index contributed by atoms with van der Waals surface area (Å²) in [6.45, 7) is 0.782. The van der Waals surface area contributed by atoms with Crippen molar-refractivity contribution < 1.29 is 9.90 Å². The number of hydrogen-bond donors (Lipinski definition) is 3. The van der Waals surface area contributed by atoms with Crippen molar-refractivity contribution in [1.82, 2.24) is 14.9 Å². The second-order valence-corrected chi connectivity index (χ2v) is 9.37. The van der Waals surface area contributed by atoms with Crippen LogP contribution in [-0.2, 0) is 0 Å². The van der Waals surface area contributed by atoms with E-state index in [1.165, 1.54) is 32.1 Å². The van der Waals surface area contributed by atoms with Crippen LogP contribution in [0.15, 0.2) is 60.9 Å². The lowest BCUT2D eigenvalue weighted by atomic mass is 9.89. The highest BCUT2D eigenvalue weighted by atomic mass is 16.3. The molecule has 6 nitrogen and oxygen atoms in total. The Morgan fingerprint density at radius 3 is 2.64 bits per heavy atom. The molecular formula is C27H32N4O2. The number of nitrogens with zero attached hydrogens (tertiary/aromatic N) is 2. The van der Waals surface area contributed by atoms with Crippen molar-refractivity contribution >= 4 is 11.6 Å². The highest BCUT2D eigenvalue weighted by Crippen LogP contribution is 2.37. The van der Waals surface area contributed by atoms with Crippen molar-refractivity contribution in [1.29, 1.82) is 0 Å². The molecule has 2 aliphatic rings. The van der Waals surface area contributed by atoms with Crippen LogP contribution < -0.4 is 10.6 Å². The number of phenolic OH excluding ortho intramolecular Hbond substituents is 1. The molecule has 0 radical (unpaired) electrons. The first-order chi connectivity index (χ1) is 16.2. The summed E-state index contributed by atoms with van der Waals surface area (Å²) in [5, 5.41) is 16.6. The molecule has 2 aromatic carbocycles. The minimum absolute atomic E-state index is 0.00860. The van der Waals surface area contributed by atoms with E-state index in [2.05, 4.69) is 26.3 Å². The van der Waals surface area contributed by atoms with Crippen molar-refractivity contribution in [3.63, 3.8) is 0 Å². The molecule has 1 aromatic heterocycles. The molecule has 2 unspecified atom stereocenters. The molecule has 0 saturated heterocycles. The molecule has 0 spiro atoms. The van der Waals surface area contributed by atoms with E-state index < -0.39 is 0 Å². The predicted octanol–water partition coefficient (Wildman–Crippen LogP) is 5.44. The third kappa shape index (κ3) is 4.90. The molecule has 3 N–H and O–H groups in total. The molecule has 6 heteroatoms. The summed E-state index contributed by atoms with van der Waals surface area (Å²) in [5.74, 6) is 1.91. The highest BCUT2D eigenvalue weighted by molar-refractivity contribution is 5.94. The monoisotopic (exact) mass is 444 g/mol. The van der Waals surface area contributed by atoms with E-state index in [9.17, 15) is 9.90 Å². The quantitative estimate of drug-likeness (QED) is 0.473. The van der Waals surface area contributed by atoms with Gasteiger partial charge in [0, 0.05) is 30.2 Å². The first-order valence-electron chi connectivity index (χ1n) is 12.1. The van der Waals surface area contributed by atoms with E-state index in [0.29, 0.717) is 11.5 Å². The van der Waals surface area contributed by atoms with E-state index in [4.69, 9.17) is 0 Å². The van der Waals surface area contributed by atoms with Gasteiger partial charge in [0.1, 0.15) is 11.6 Å². The molecular weight excluding hydrogens is 412 g/mol. The van der Waals surface area contributed by atoms with Gasteiger partial charge in [0.15, 0.2) is 0 Å². The van der Waals surface area contributed by atoms with Gasteiger partial charge in [-0.15, -0.1) is 0 Å². The van der Waals surface area contributed by atoms with Gasteiger partial charge in [-0.1, -0.05) is 31.4 Å². The van der Waals surface area contributed by atoms with Crippen LogP contribution in [0.5, 0.6) is 5.75 Å². The Bertz CT molecular complexity index is 1090. The average Bonchev–Trinajstić information content (AvgIpc) is 3.34. The molecule has 3 aromatic rings. The molecule has 1 saturated carbocycles. The zero-order valence-corrected chi connectivity index (χ0v) is 18.9. The Balaban J connectivity index is 1.22. The van der Waals surface area contributed by atoms with Crippen LogP contribution in [-0.4, -0.2) is 27.1 Å². The number of fused-ring (bicyclic) bond motifs is 1. The first kappa shape index (κ1) is 21.6. The van der Waals surface area contributed by atoms with Crippen LogP contribution in [0.1, 0.15) is 78.8 Å². The SMILES string of the molecule is O=C(NCC1CCCCC1)c1ccc(NC2CCC(c3cccc(O)c3)n3ccnc32)cc1. The summed E-state index contributed by atoms with van der Waals surface area (Å²) in [4.78, 5) is 17.2. The van der Waals surface area contributed by atoms with Crippen LogP contribution in [0.4, 0.5) is 5.69 Å². The summed E-state index contributed by atoms with van der Waals surface area (Å²) in [6, 6.07) is 15.5. The van der Waals surface area contributed by atoms with Gasteiger partial charge in [-0.2, -0.15) is 0 Å². The Labute approximate surface area is 195 Å². The third-order valence-electron chi connectivity index (χ3n) is 7.09. The molecule has 2 atom stereocenters. The maximum absolute atomic E-state index is 12.5. The zero-order valence-electron chi connectivity index (χ0n) is 18.9. The van der Waals surface area contributed by atoms with Crippen LogP contribution in [0.2, 0.25) is 0 Å². The topological polar surface area (TPSA) is 79.2 Å². The number of aromatic hydroxyl groups is 1. The Morgan fingerprint density at radius 1 is 1.03 bits per heavy atom. The van der Waals surface area contributed by atoms with Crippen molar-refractivity contribution in [3.05, 3.63) is 77.9 Å². The second kappa shape index (κ2) is 9.69. The van der Waals surface area contributed by atoms with Gasteiger partial charge in [0.25, 0.3) is 5.91 Å². The summed E-state index contributed by atoms with van der Waals surface area (Å²) in [7, 11) is 0. The highest BCUT2D eigenvalue weighted by Gasteiger charge is 2.29. The molecule has 1 aliphatic heterocycles. The van der Waals surface area contributed by atoms with Gasteiger partial charge in [0.2, 0.25) is 0 Å². The van der Waals surface area contributed by atoms with Crippen molar-refractivity contribution in [3.8, 4) is 5.75 Å². The lowest BCUT2D eigenvalue weighted by molar-refractivity contribution is 0.0943. The Hall–Kier alpha value is -3.28. The van der Waals surface area contributed by atoms with Crippen LogP contribution in [0.25, 0.3) is 0 Å². The second-order valence-electron chi connectivity index (χ2n) is 9.37. The van der Waals surface area contributed by atoms with Crippen LogP contribution in [0, 0.1) is 5.92 Å². The standard InChI is InChI=1S/C27H32N4O2/c32-23-8-4-7-21(17-23)25-14-13-24(26-28-15-16-31(25)26)30-22-11-9-20(10-12-22)27(33)29-18-19-5-2-1-3-6-19/h4,7-12,15-17,19,24-25,30,32H,1-3,5-6,13-14,18H2,(H,29,33). The number of rotatable bonds is 6. The maximum atomic E-state index is 12.5. The molecule has 1 amide bonds. The van der Waals surface area contributed by atoms with Crippen molar-refractivity contribution in [2.75, 3.05) is 11.9 Å². The lowest BCUT2D eigenvalue weighted by Gasteiger charge is -2.32. The molecule has 1 aliphatic carbocycles. The van der Waals surface area contributed by atoms with E-state index in [0.717, 1.165) is 36.5 Å². The van der Waals surface area contributed by atoms with Gasteiger partial charge >= 0.3 is 0 Å². The number of anilines is 1. The normalized spacial score (nSPS) is 20.7. The largest absolute Gasteiger partial charge is 0.508 e. The van der Waals surface area contributed by atoms with Crippen molar-refractivity contribution in [2.24, 2.45) is 5.92 Å². The summed E-state index contributed by atoms with van der Waals surface area (Å²) in [5.41, 5.74) is 2.77. The number of aromatic nitrogens is 2. The zero-order chi connectivity index (χ0) is 22.6. The predicted molar refractivity (Wildman–Crippen MR) is 129 cm³/mol. The van der Waals surface area contributed by atoms with E-state index in [1.54, 1.807) is 6.07 Å². The molecule has 33 heavy (non-hydrogen) atoms. The summed E-state index contributed by atoms with van der Waals surface area (Å²) >= 11 is 0. The fraction of sp³-hybridized carbons (Fsp3) is 0.407. The van der Waals surface area contributed by atoms with Gasteiger partial charge in [0.05, 0.1) is 12.1 Å². The molecule has 0 bridgehead atoms. The van der Waals surface area contributed by atoms with Crippen LogP contribution in [0.3, 0.4) is 0 Å². The number of amides is 1. The Morgan fingerprint density at radius 2 is 1.85 bits per heavy atom. The smallest absolute Gasteiger partial charge is 0.251 e. The molecule has 1 fully saturated rings. The molecule has 172 valence electrons. The first-order valence-corrected chi connectivity index (χ1v) is 12.1. The number of hydrogen-bond acceptors (Lipinski definition) is 4. The summed E-state index contributed by atoms with van der Waals surface area (Å²) < 4.78 is 2.20. The number of benzene rings is 2. The van der Waals surface area contributed by atoms with Crippen LogP contribution >= 0.6 is 0 Å². The van der Waals surface area contributed by atoms with E-state index in [1.807, 2.05) is 48.8 Å². The summed E-state index contributed by atoms with van der Waals surface area (Å²) in [6.07, 6.45) is 12.1. The third-order valence-corrected chi connectivity index (χ3v) is 7.09. The fourth-order valence-electron chi connectivity index (χ4n) is 5.30. The lowest BCUT2D eigenvalue weighted by Crippen LogP contribution is -2.30. The number of phenols is 1. The average molecular weight is 445 g/mol. The number of carbonyl (C=O) groups is 1. The molecule has 5 rings (SSSR count). The van der Waals surface area contributed by atoms with Gasteiger partial charge in [-0.05, 0) is 73.6 Å². The maximum Gasteiger partial charge on any atom is 0.251 e. The van der Waals surface area contributed by atoms with E-state index in [-0.39, 0.29) is 23.7 Å². The minimum atomic E-state index is 0.00860. The van der Waals surface area contributed by atoms with Gasteiger partial charge in [-0.25, -0.2) is 4.98 Å². The number of nitrogens with one attached hydrogen (secondary N) is 2. The van der Waals surface area contributed by atoms with E-state index >= 15 is 0 Å². The fourth-order valence-corrected chi connectivity index (χ4v) is 5.30. The Kier molecular flexibility index (Phi) is 6.33. The number of carbonyl (C=O) groups excluding carboxylic acids is 1. The minimum Gasteiger partial charge on any atom is -0.508 e. The number of imidazole rings is 1. The van der Waals surface area contributed by atoms with Crippen molar-refractivity contribution in [2.45, 2.75) is 57.0 Å². The van der Waals surface area contributed by atoms with Gasteiger partial charge in [-0.3, -0.25) is 4.79 Å². The van der Waals surface area contributed by atoms with Gasteiger partial charge < -0.3 is 20.3 Å².